The number of nitrogens with zero attached hydrogens (tertiary/aromatic N) is 1. The van der Waals surface area contributed by atoms with E-state index in [9.17, 15) is 4.79 Å². The summed E-state index contributed by atoms with van der Waals surface area (Å²) >= 11 is 3.37. The monoisotopic (exact) mass is 314 g/mol. The fraction of sp³-hybridized carbons (Fsp3) is 0.538. The molecule has 1 atom stereocenters. The highest BCUT2D eigenvalue weighted by atomic mass is 79.9. The van der Waals surface area contributed by atoms with Crippen LogP contribution in [0, 0.1) is 5.92 Å². The maximum Gasteiger partial charge on any atom is 0.238 e. The van der Waals surface area contributed by atoms with Crippen molar-refractivity contribution < 1.29 is 9.53 Å². The Morgan fingerprint density at radius 1 is 1.39 bits per heavy atom. The molecule has 4 nitrogen and oxygen atoms in total. The number of pyridine rings is 1. The number of hydrogen-bond donors (Lipinski definition) is 1. The average molecular weight is 315 g/mol. The van der Waals surface area contributed by atoms with Crippen molar-refractivity contribution in [1.82, 2.24) is 4.98 Å². The zero-order valence-corrected chi connectivity index (χ0v) is 12.7. The van der Waals surface area contributed by atoms with Crippen LogP contribution in [0.1, 0.15) is 27.7 Å². The van der Waals surface area contributed by atoms with Gasteiger partial charge < -0.3 is 10.1 Å². The molecule has 0 spiro atoms. The van der Waals surface area contributed by atoms with Gasteiger partial charge in [-0.25, -0.2) is 4.98 Å². The van der Waals surface area contributed by atoms with E-state index in [0.717, 1.165) is 0 Å². The zero-order chi connectivity index (χ0) is 13.7. The molecule has 0 aromatic carbocycles. The summed E-state index contributed by atoms with van der Waals surface area (Å²) in [7, 11) is 0. The van der Waals surface area contributed by atoms with E-state index in [1.807, 2.05) is 27.7 Å². The minimum Gasteiger partial charge on any atom is -0.473 e. The number of nitrogens with one attached hydrogen (secondary N) is 1. The Labute approximate surface area is 116 Å². The number of hydrogen-bond acceptors (Lipinski definition) is 3. The number of rotatable bonds is 5. The Hall–Kier alpha value is -1.10. The summed E-state index contributed by atoms with van der Waals surface area (Å²) in [5.41, 5.74) is 0.598. The van der Waals surface area contributed by atoms with E-state index in [1.54, 1.807) is 18.3 Å². The van der Waals surface area contributed by atoms with E-state index >= 15 is 0 Å². The van der Waals surface area contributed by atoms with Gasteiger partial charge >= 0.3 is 0 Å². The van der Waals surface area contributed by atoms with Crippen LogP contribution in [0.2, 0.25) is 0 Å². The second-order valence-electron chi connectivity index (χ2n) is 4.66. The Balaban J connectivity index is 2.81. The average Bonchev–Trinajstić information content (AvgIpc) is 2.29. The van der Waals surface area contributed by atoms with Gasteiger partial charge in [-0.3, -0.25) is 4.79 Å². The van der Waals surface area contributed by atoms with E-state index in [2.05, 4.69) is 26.2 Å². The molecule has 1 N–H and O–H groups in total. The van der Waals surface area contributed by atoms with Gasteiger partial charge in [-0.05, 0) is 31.9 Å². The van der Waals surface area contributed by atoms with Crippen molar-refractivity contribution in [2.24, 2.45) is 5.92 Å². The fourth-order valence-corrected chi connectivity index (χ4v) is 1.42. The first-order valence-electron chi connectivity index (χ1n) is 5.98. The lowest BCUT2D eigenvalue weighted by atomic mass is 10.1. The first kappa shape index (κ1) is 15.0. The minimum absolute atomic E-state index is 0.0143. The van der Waals surface area contributed by atoms with Gasteiger partial charge in [0.15, 0.2) is 0 Å². The van der Waals surface area contributed by atoms with E-state index in [4.69, 9.17) is 4.74 Å². The number of halogens is 1. The van der Waals surface area contributed by atoms with Crippen LogP contribution < -0.4 is 10.1 Å². The molecule has 1 heterocycles. The lowest BCUT2D eigenvalue weighted by Gasteiger charge is -2.16. The van der Waals surface area contributed by atoms with E-state index < -0.39 is 0 Å². The molecule has 0 aliphatic heterocycles. The first-order valence-corrected chi connectivity index (χ1v) is 6.90. The Kier molecular flexibility index (Phi) is 5.59. The summed E-state index contributed by atoms with van der Waals surface area (Å²) in [6, 6.07) is 3.55. The molecule has 1 amide bonds. The first-order chi connectivity index (χ1) is 8.41. The molecule has 0 aliphatic rings. The van der Waals surface area contributed by atoms with Crippen LogP contribution in [0.5, 0.6) is 5.88 Å². The summed E-state index contributed by atoms with van der Waals surface area (Å²) in [6.07, 6.45) is 1.65. The molecule has 5 heteroatoms. The molecule has 100 valence electrons. The number of carbonyl (C=O) groups is 1. The van der Waals surface area contributed by atoms with Crippen LogP contribution in [0.3, 0.4) is 0 Å². The molecular weight excluding hydrogens is 296 g/mol. The highest BCUT2D eigenvalue weighted by Gasteiger charge is 2.20. The van der Waals surface area contributed by atoms with Crippen LogP contribution >= 0.6 is 15.9 Å². The van der Waals surface area contributed by atoms with E-state index in [0.29, 0.717) is 11.6 Å². The van der Waals surface area contributed by atoms with Crippen LogP contribution in [0.25, 0.3) is 0 Å². The van der Waals surface area contributed by atoms with Gasteiger partial charge in [0.2, 0.25) is 11.8 Å². The molecule has 1 rings (SSSR count). The molecule has 0 fully saturated rings. The van der Waals surface area contributed by atoms with Crippen molar-refractivity contribution in [3.05, 3.63) is 18.3 Å². The normalized spacial score (nSPS) is 12.6. The molecule has 1 unspecified atom stereocenters. The Morgan fingerprint density at radius 3 is 2.61 bits per heavy atom. The number of anilines is 1. The molecule has 1 aromatic heterocycles. The number of ether oxygens (including phenoxy) is 1. The minimum atomic E-state index is -0.232. The van der Waals surface area contributed by atoms with Gasteiger partial charge in [0.1, 0.15) is 5.69 Å². The smallest absolute Gasteiger partial charge is 0.238 e. The summed E-state index contributed by atoms with van der Waals surface area (Å²) in [4.78, 5) is 15.8. The fourth-order valence-electron chi connectivity index (χ4n) is 1.31. The van der Waals surface area contributed by atoms with Crippen LogP contribution in [0.4, 0.5) is 5.69 Å². The lowest BCUT2D eigenvalue weighted by Crippen LogP contribution is -2.27. The van der Waals surface area contributed by atoms with Crippen molar-refractivity contribution in [2.45, 2.75) is 38.6 Å². The van der Waals surface area contributed by atoms with E-state index in [1.165, 1.54) is 0 Å². The Bertz CT molecular complexity index is 408. The molecule has 1 aromatic rings. The summed E-state index contributed by atoms with van der Waals surface area (Å²) < 4.78 is 5.55. The largest absolute Gasteiger partial charge is 0.473 e. The number of aromatic nitrogens is 1. The zero-order valence-electron chi connectivity index (χ0n) is 11.1. The third-order valence-electron chi connectivity index (χ3n) is 2.21. The van der Waals surface area contributed by atoms with Crippen molar-refractivity contribution in [3.8, 4) is 5.88 Å². The second kappa shape index (κ2) is 6.73. The molecule has 0 radical (unpaired) electrons. The van der Waals surface area contributed by atoms with E-state index in [-0.39, 0.29) is 22.8 Å². The molecular formula is C13H19BrN2O2. The number of amides is 1. The van der Waals surface area contributed by atoms with Gasteiger partial charge in [-0.1, -0.05) is 29.8 Å². The molecule has 18 heavy (non-hydrogen) atoms. The van der Waals surface area contributed by atoms with Crippen molar-refractivity contribution in [1.29, 1.82) is 0 Å². The number of carbonyl (C=O) groups excluding carboxylic acids is 1. The summed E-state index contributed by atoms with van der Waals surface area (Å²) in [5, 5.41) is 2.82. The summed E-state index contributed by atoms with van der Waals surface area (Å²) in [5.74, 6) is 0.576. The quantitative estimate of drug-likeness (QED) is 0.849. The standard InChI is InChI=1S/C13H19BrN2O2/c1-8(2)11(14)12(17)16-10-6-5-7-15-13(10)18-9(3)4/h5-9,11H,1-4H3,(H,16,17). The maximum atomic E-state index is 12.0. The van der Waals surface area contributed by atoms with Gasteiger partial charge in [0, 0.05) is 6.20 Å². The van der Waals surface area contributed by atoms with Crippen LogP contribution in [-0.4, -0.2) is 21.8 Å². The molecule has 0 saturated heterocycles. The van der Waals surface area contributed by atoms with Crippen molar-refractivity contribution >= 4 is 27.5 Å². The van der Waals surface area contributed by atoms with Gasteiger partial charge in [0.25, 0.3) is 0 Å². The van der Waals surface area contributed by atoms with Crippen molar-refractivity contribution in [3.63, 3.8) is 0 Å². The third-order valence-corrected chi connectivity index (χ3v) is 3.69. The predicted molar refractivity (Wildman–Crippen MR) is 76.2 cm³/mol. The van der Waals surface area contributed by atoms with Gasteiger partial charge in [-0.15, -0.1) is 0 Å². The topological polar surface area (TPSA) is 51.2 Å². The number of alkyl halides is 1. The molecule has 0 saturated carbocycles. The predicted octanol–water partition coefficient (Wildman–Crippen LogP) is 3.23. The molecule has 0 bridgehead atoms. The SMILES string of the molecule is CC(C)Oc1ncccc1NC(=O)C(Br)C(C)C. The van der Waals surface area contributed by atoms with Crippen molar-refractivity contribution in [2.75, 3.05) is 5.32 Å². The second-order valence-corrected chi connectivity index (χ2v) is 5.64. The van der Waals surface area contributed by atoms with Crippen LogP contribution in [-0.2, 0) is 4.79 Å². The third kappa shape index (κ3) is 4.29. The van der Waals surface area contributed by atoms with Gasteiger partial charge in [0.05, 0.1) is 10.9 Å². The highest BCUT2D eigenvalue weighted by molar-refractivity contribution is 9.10. The lowest BCUT2D eigenvalue weighted by molar-refractivity contribution is -0.116. The van der Waals surface area contributed by atoms with Gasteiger partial charge in [-0.2, -0.15) is 0 Å². The molecule has 0 aliphatic carbocycles. The Morgan fingerprint density at radius 2 is 2.06 bits per heavy atom. The highest BCUT2D eigenvalue weighted by Crippen LogP contribution is 2.23. The maximum absolute atomic E-state index is 12.0. The summed E-state index contributed by atoms with van der Waals surface area (Å²) in [6.45, 7) is 7.80. The van der Waals surface area contributed by atoms with Crippen LogP contribution in [0.15, 0.2) is 18.3 Å².